The number of nitrogens with zero attached hydrogens (tertiary/aromatic N) is 3. The second kappa shape index (κ2) is 18.8. The summed E-state index contributed by atoms with van der Waals surface area (Å²) in [4.78, 5) is 21.2. The van der Waals surface area contributed by atoms with Crippen LogP contribution >= 0.6 is 0 Å². The van der Waals surface area contributed by atoms with Crippen molar-refractivity contribution in [1.29, 1.82) is 0 Å². The number of unbranched alkanes of at least 4 members (excludes halogenated alkanes) is 1. The Kier molecular flexibility index (Phi) is 14.0. The number of aryl methyl sites for hydroxylation is 2. The number of nitrogens with one attached hydrogen (secondary N) is 1. The van der Waals surface area contributed by atoms with Crippen molar-refractivity contribution in [3.05, 3.63) is 96.1 Å². The van der Waals surface area contributed by atoms with Gasteiger partial charge in [-0.25, -0.2) is 4.98 Å². The van der Waals surface area contributed by atoms with Gasteiger partial charge in [0.1, 0.15) is 23.9 Å². The first-order valence-corrected chi connectivity index (χ1v) is 19.4. The van der Waals surface area contributed by atoms with Gasteiger partial charge in [-0.05, 0) is 108 Å². The molecule has 266 valence electrons. The molecule has 1 amide bonds. The topological polar surface area (TPSA) is 91.7 Å². The van der Waals surface area contributed by atoms with Gasteiger partial charge in [-0.1, -0.05) is 52.3 Å². The molecule has 1 N–H and O–H groups in total. The van der Waals surface area contributed by atoms with Crippen molar-refractivity contribution in [2.45, 2.75) is 71.2 Å². The number of hydrogen-bond donors (Lipinski definition) is 1. The fourth-order valence-electron chi connectivity index (χ4n) is 6.09. The van der Waals surface area contributed by atoms with Crippen molar-refractivity contribution < 1.29 is 18.8 Å². The zero-order chi connectivity index (χ0) is 35.3. The molecular weight excluding hydrogens is 645 g/mol. The number of carbonyl (C=O) groups excluding carboxylic acids is 1. The van der Waals surface area contributed by atoms with E-state index in [4.69, 9.17) is 9.47 Å². The zero-order valence-electron chi connectivity index (χ0n) is 30.0. The van der Waals surface area contributed by atoms with E-state index >= 15 is 0 Å². The molecule has 0 spiro atoms. The van der Waals surface area contributed by atoms with Crippen molar-refractivity contribution in [3.8, 4) is 16.9 Å². The van der Waals surface area contributed by atoms with Crippen molar-refractivity contribution in [2.75, 3.05) is 48.9 Å². The molecule has 5 rings (SSSR count). The van der Waals surface area contributed by atoms with Gasteiger partial charge in [0.25, 0.3) is 5.91 Å². The molecule has 0 saturated heterocycles. The van der Waals surface area contributed by atoms with Crippen molar-refractivity contribution in [3.63, 3.8) is 0 Å². The molecule has 0 saturated carbocycles. The van der Waals surface area contributed by atoms with E-state index in [9.17, 15) is 9.35 Å². The maximum absolute atomic E-state index is 13.7. The van der Waals surface area contributed by atoms with Gasteiger partial charge in [0.05, 0.1) is 13.2 Å². The summed E-state index contributed by atoms with van der Waals surface area (Å²) in [7, 11) is 0. The van der Waals surface area contributed by atoms with E-state index in [0.29, 0.717) is 43.5 Å². The predicted molar refractivity (Wildman–Crippen MR) is 205 cm³/mol. The van der Waals surface area contributed by atoms with Gasteiger partial charge >= 0.3 is 0 Å². The third kappa shape index (κ3) is 10.5. The molecule has 8 nitrogen and oxygen atoms in total. The molecule has 2 heterocycles. The minimum absolute atomic E-state index is 0.120. The summed E-state index contributed by atoms with van der Waals surface area (Å²) in [6, 6.07) is 22.0. The van der Waals surface area contributed by atoms with Gasteiger partial charge in [0.2, 0.25) is 0 Å². The number of benzene rings is 3. The third-order valence-electron chi connectivity index (χ3n) is 8.72. The molecule has 0 bridgehead atoms. The first-order valence-electron chi connectivity index (χ1n) is 18.0. The van der Waals surface area contributed by atoms with E-state index in [-0.39, 0.29) is 5.91 Å². The lowest BCUT2D eigenvalue weighted by Crippen LogP contribution is -2.29. The highest BCUT2D eigenvalue weighted by atomic mass is 32.2. The SMILES string of the molecule is CCCCOCCOc1ccc(-c2ccc3c(c2)C=C(C(=O)Nc2ccc([S+]([O-])CCn4ccnc4CCC)cc2)CCN3CC(C)C)cc1. The summed E-state index contributed by atoms with van der Waals surface area (Å²) >= 11 is -1.16. The van der Waals surface area contributed by atoms with E-state index in [1.54, 1.807) is 6.20 Å². The highest BCUT2D eigenvalue weighted by molar-refractivity contribution is 7.91. The van der Waals surface area contributed by atoms with Crippen molar-refractivity contribution >= 4 is 34.5 Å². The van der Waals surface area contributed by atoms with Crippen LogP contribution in [0.1, 0.15) is 64.8 Å². The van der Waals surface area contributed by atoms with Gasteiger partial charge in [-0.2, -0.15) is 0 Å². The molecule has 4 aromatic rings. The lowest BCUT2D eigenvalue weighted by molar-refractivity contribution is -0.112. The standard InChI is InChI=1S/C41H52N4O4S/c1-5-7-24-48-25-26-49-37-14-9-32(10-15-37)33-11-18-39-35(28-33)29-34(19-21-45(39)30-31(3)4)41(46)43-36-12-16-38(17-13-36)50(47)27-23-44-22-20-42-40(44)8-6-2/h9-18,20,22,28-29,31H,5-8,19,21,23-27,30H2,1-4H3,(H,43,46). The molecule has 1 atom stereocenters. The summed E-state index contributed by atoms with van der Waals surface area (Å²) in [6.07, 6.45) is 10.5. The Labute approximate surface area is 301 Å². The lowest BCUT2D eigenvalue weighted by Gasteiger charge is -2.27. The van der Waals surface area contributed by atoms with E-state index in [0.717, 1.165) is 89.8 Å². The number of carbonyl (C=O) groups is 1. The zero-order valence-corrected chi connectivity index (χ0v) is 30.8. The van der Waals surface area contributed by atoms with Crippen LogP contribution in [0.2, 0.25) is 0 Å². The number of fused-ring (bicyclic) bond motifs is 1. The van der Waals surface area contributed by atoms with Crippen LogP contribution in [0.3, 0.4) is 0 Å². The molecule has 0 fully saturated rings. The lowest BCUT2D eigenvalue weighted by atomic mass is 10.00. The second-order valence-corrected chi connectivity index (χ2v) is 14.8. The Bertz CT molecular complexity index is 1680. The van der Waals surface area contributed by atoms with Gasteiger partial charge in [0, 0.05) is 55.5 Å². The smallest absolute Gasteiger partial charge is 0.251 e. The summed E-state index contributed by atoms with van der Waals surface area (Å²) in [5, 5.41) is 3.09. The maximum Gasteiger partial charge on any atom is 0.251 e. The van der Waals surface area contributed by atoms with Gasteiger partial charge in [0.15, 0.2) is 4.90 Å². The van der Waals surface area contributed by atoms with Gasteiger partial charge in [-0.15, -0.1) is 0 Å². The van der Waals surface area contributed by atoms with E-state index in [1.165, 1.54) is 0 Å². The molecule has 9 heteroatoms. The molecule has 1 aliphatic rings. The normalized spacial score (nSPS) is 13.5. The molecule has 1 aromatic heterocycles. The predicted octanol–water partition coefficient (Wildman–Crippen LogP) is 8.39. The van der Waals surface area contributed by atoms with Crippen LogP contribution in [0.5, 0.6) is 5.75 Å². The Morgan fingerprint density at radius 3 is 2.50 bits per heavy atom. The first-order chi connectivity index (χ1) is 24.3. The summed E-state index contributed by atoms with van der Waals surface area (Å²) in [6.45, 7) is 12.9. The summed E-state index contributed by atoms with van der Waals surface area (Å²) < 4.78 is 26.6. The molecule has 3 aromatic carbocycles. The number of aromatic nitrogens is 2. The third-order valence-corrected chi connectivity index (χ3v) is 10.1. The van der Waals surface area contributed by atoms with Crippen LogP contribution in [0.15, 0.2) is 89.6 Å². The molecule has 1 aliphatic heterocycles. The number of hydrogen-bond acceptors (Lipinski definition) is 6. The molecule has 50 heavy (non-hydrogen) atoms. The Balaban J connectivity index is 1.25. The largest absolute Gasteiger partial charge is 0.611 e. The molecule has 1 unspecified atom stereocenters. The minimum atomic E-state index is -1.16. The van der Waals surface area contributed by atoms with E-state index in [1.807, 2.05) is 48.7 Å². The maximum atomic E-state index is 13.7. The molecule has 0 aliphatic carbocycles. The van der Waals surface area contributed by atoms with Crippen LogP contribution < -0.4 is 15.0 Å². The average Bonchev–Trinajstić information content (AvgIpc) is 3.49. The second-order valence-electron chi connectivity index (χ2n) is 13.2. The van der Waals surface area contributed by atoms with E-state index < -0.39 is 11.2 Å². The highest BCUT2D eigenvalue weighted by Crippen LogP contribution is 2.34. The number of amides is 1. The Hall–Kier alpha value is -4.05. The highest BCUT2D eigenvalue weighted by Gasteiger charge is 2.21. The molecule has 0 radical (unpaired) electrons. The van der Waals surface area contributed by atoms with Crippen LogP contribution in [0.25, 0.3) is 17.2 Å². The summed E-state index contributed by atoms with van der Waals surface area (Å²) in [5.41, 5.74) is 5.75. The fraction of sp³-hybridized carbons (Fsp3) is 0.415. The van der Waals surface area contributed by atoms with Gasteiger partial charge < -0.3 is 28.8 Å². The number of anilines is 2. The minimum Gasteiger partial charge on any atom is -0.611 e. The summed E-state index contributed by atoms with van der Waals surface area (Å²) in [5.74, 6) is 2.71. The van der Waals surface area contributed by atoms with Crippen LogP contribution in [-0.2, 0) is 33.7 Å². The van der Waals surface area contributed by atoms with E-state index in [2.05, 4.69) is 77.8 Å². The Morgan fingerprint density at radius 2 is 1.76 bits per heavy atom. The Morgan fingerprint density at radius 1 is 0.980 bits per heavy atom. The monoisotopic (exact) mass is 696 g/mol. The van der Waals surface area contributed by atoms with Crippen molar-refractivity contribution in [1.82, 2.24) is 9.55 Å². The van der Waals surface area contributed by atoms with Crippen LogP contribution in [0.4, 0.5) is 11.4 Å². The number of imidazole rings is 1. The number of ether oxygens (including phenoxy) is 2. The van der Waals surface area contributed by atoms with Gasteiger partial charge in [-0.3, -0.25) is 4.79 Å². The fourth-order valence-corrected chi connectivity index (χ4v) is 7.13. The average molecular weight is 697 g/mol. The first kappa shape index (κ1) is 37.2. The van der Waals surface area contributed by atoms with Crippen LogP contribution in [0, 0.1) is 5.92 Å². The van der Waals surface area contributed by atoms with Crippen LogP contribution in [-0.4, -0.2) is 58.7 Å². The van der Waals surface area contributed by atoms with Crippen molar-refractivity contribution in [2.24, 2.45) is 5.92 Å². The quantitative estimate of drug-likeness (QED) is 0.0830. The molecular formula is C41H52N4O4S. The number of rotatable bonds is 18.